The normalized spacial score (nSPS) is 14.9. The molecule has 168 valence electrons. The smallest absolute Gasteiger partial charge is 0.341 e. The van der Waals surface area contributed by atoms with Crippen LogP contribution in [0, 0.1) is 5.82 Å². The number of halogens is 1. The van der Waals surface area contributed by atoms with Crippen LogP contribution in [0.2, 0.25) is 0 Å². The van der Waals surface area contributed by atoms with E-state index >= 15 is 0 Å². The van der Waals surface area contributed by atoms with Crippen molar-refractivity contribution in [3.63, 3.8) is 0 Å². The van der Waals surface area contributed by atoms with Gasteiger partial charge >= 0.3 is 5.97 Å². The molecule has 1 aliphatic heterocycles. The van der Waals surface area contributed by atoms with Crippen molar-refractivity contribution in [2.45, 2.75) is 25.3 Å². The lowest BCUT2D eigenvalue weighted by atomic mass is 10.2. The number of ether oxygens (including phenoxy) is 2. The van der Waals surface area contributed by atoms with Gasteiger partial charge in [-0.3, -0.25) is 9.69 Å². The lowest BCUT2D eigenvalue weighted by Gasteiger charge is -2.26. The Morgan fingerprint density at radius 2 is 2.03 bits per heavy atom. The second-order valence-corrected chi connectivity index (χ2v) is 9.39. The number of morpholine rings is 1. The average molecular weight is 472 g/mol. The molecule has 0 saturated carbocycles. The molecular formula is C19H22FN3O6S2. The second kappa shape index (κ2) is 9.81. The van der Waals surface area contributed by atoms with E-state index in [0.29, 0.717) is 17.4 Å². The van der Waals surface area contributed by atoms with Gasteiger partial charge < -0.3 is 9.47 Å². The molecule has 1 aromatic heterocycles. The van der Waals surface area contributed by atoms with Crippen molar-refractivity contribution in [3.8, 4) is 0 Å². The lowest BCUT2D eigenvalue weighted by molar-refractivity contribution is -0.116. The minimum absolute atomic E-state index is 0.166. The summed E-state index contributed by atoms with van der Waals surface area (Å²) in [5, 5.41) is 2.09. The van der Waals surface area contributed by atoms with E-state index in [2.05, 4.69) is 4.98 Å². The van der Waals surface area contributed by atoms with Crippen molar-refractivity contribution in [1.29, 1.82) is 0 Å². The Kier molecular flexibility index (Phi) is 7.36. The molecule has 9 nitrogen and oxygen atoms in total. The highest BCUT2D eigenvalue weighted by atomic mass is 32.2. The summed E-state index contributed by atoms with van der Waals surface area (Å²) in [6.45, 7) is 4.33. The molecule has 12 heteroatoms. The summed E-state index contributed by atoms with van der Waals surface area (Å²) >= 11 is 1.22. The van der Waals surface area contributed by atoms with E-state index in [0.717, 1.165) is 18.2 Å². The molecule has 0 atom stereocenters. The van der Waals surface area contributed by atoms with Gasteiger partial charge in [-0.15, -0.1) is 11.3 Å². The number of hydrogen-bond donors (Lipinski definition) is 0. The zero-order chi connectivity index (χ0) is 22.6. The predicted molar refractivity (Wildman–Crippen MR) is 111 cm³/mol. The van der Waals surface area contributed by atoms with E-state index < -0.39 is 27.4 Å². The van der Waals surface area contributed by atoms with Gasteiger partial charge in [0.1, 0.15) is 12.4 Å². The van der Waals surface area contributed by atoms with Crippen LogP contribution in [0.3, 0.4) is 0 Å². The lowest BCUT2D eigenvalue weighted by Crippen LogP contribution is -2.40. The molecule has 0 unspecified atom stereocenters. The van der Waals surface area contributed by atoms with E-state index in [-0.39, 0.29) is 43.7 Å². The first-order chi connectivity index (χ1) is 14.7. The number of thiazole rings is 1. The number of benzene rings is 1. The molecule has 1 amide bonds. The third kappa shape index (κ3) is 5.26. The number of rotatable bonds is 7. The fourth-order valence-electron chi connectivity index (χ4n) is 2.95. The third-order valence-electron chi connectivity index (χ3n) is 4.58. The Morgan fingerprint density at radius 1 is 1.32 bits per heavy atom. The van der Waals surface area contributed by atoms with Gasteiger partial charge in [0.15, 0.2) is 5.13 Å². The summed E-state index contributed by atoms with van der Waals surface area (Å²) in [4.78, 5) is 29.5. The molecule has 1 fully saturated rings. The predicted octanol–water partition coefficient (Wildman–Crippen LogP) is 2.03. The summed E-state index contributed by atoms with van der Waals surface area (Å²) in [5.41, 5.74) is -0.0886. The molecule has 2 heterocycles. The zero-order valence-electron chi connectivity index (χ0n) is 17.0. The zero-order valence-corrected chi connectivity index (χ0v) is 18.7. The third-order valence-corrected chi connectivity index (χ3v) is 7.39. The quantitative estimate of drug-likeness (QED) is 0.569. The van der Waals surface area contributed by atoms with E-state index in [1.54, 1.807) is 5.38 Å². The summed E-state index contributed by atoms with van der Waals surface area (Å²) < 4.78 is 51.3. The van der Waals surface area contributed by atoms with E-state index in [1.807, 2.05) is 6.92 Å². The fourth-order valence-corrected chi connectivity index (χ4v) is 5.31. The van der Waals surface area contributed by atoms with Gasteiger partial charge in [0.2, 0.25) is 15.9 Å². The first kappa shape index (κ1) is 23.3. The number of carbonyl (C=O) groups excluding carboxylic acids is 2. The molecule has 0 spiro atoms. The van der Waals surface area contributed by atoms with Crippen LogP contribution in [0.15, 0.2) is 28.5 Å². The summed E-state index contributed by atoms with van der Waals surface area (Å²) in [5.74, 6) is -2.07. The van der Waals surface area contributed by atoms with Crippen molar-refractivity contribution >= 4 is 38.4 Å². The number of esters is 1. The van der Waals surface area contributed by atoms with Crippen LogP contribution in [0.5, 0.6) is 0 Å². The minimum atomic E-state index is -3.89. The van der Waals surface area contributed by atoms with Crippen molar-refractivity contribution in [2.24, 2.45) is 0 Å². The molecule has 0 bridgehead atoms. The van der Waals surface area contributed by atoms with Gasteiger partial charge in [-0.1, -0.05) is 0 Å². The topological polar surface area (TPSA) is 106 Å². The number of nitrogens with zero attached hydrogens (tertiary/aromatic N) is 3. The summed E-state index contributed by atoms with van der Waals surface area (Å²) in [7, 11) is -3.89. The maximum absolute atomic E-state index is 14.2. The Morgan fingerprint density at radius 3 is 2.68 bits per heavy atom. The maximum atomic E-state index is 14.2. The average Bonchev–Trinajstić information content (AvgIpc) is 3.21. The van der Waals surface area contributed by atoms with Crippen LogP contribution < -0.4 is 4.90 Å². The van der Waals surface area contributed by atoms with Gasteiger partial charge in [-0.2, -0.15) is 4.31 Å². The van der Waals surface area contributed by atoms with E-state index in [1.165, 1.54) is 27.5 Å². The van der Waals surface area contributed by atoms with Crippen molar-refractivity contribution in [1.82, 2.24) is 9.29 Å². The molecule has 1 aromatic carbocycles. The number of aromatic nitrogens is 1. The van der Waals surface area contributed by atoms with Crippen LogP contribution in [0.4, 0.5) is 9.52 Å². The monoisotopic (exact) mass is 471 g/mol. The van der Waals surface area contributed by atoms with Gasteiger partial charge in [0.25, 0.3) is 0 Å². The molecule has 3 rings (SSSR count). The SMILES string of the molecule is CCN(C(C)=O)c1nc(COC(=O)c2cc(S(=O)(=O)N3CCOCC3)ccc2F)cs1. The molecule has 1 saturated heterocycles. The molecular weight excluding hydrogens is 449 g/mol. The molecule has 2 aromatic rings. The Bertz CT molecular complexity index is 1070. The summed E-state index contributed by atoms with van der Waals surface area (Å²) in [6.07, 6.45) is 0. The highest BCUT2D eigenvalue weighted by Crippen LogP contribution is 2.23. The fraction of sp³-hybridized carbons (Fsp3) is 0.421. The first-order valence-electron chi connectivity index (χ1n) is 9.51. The van der Waals surface area contributed by atoms with E-state index in [9.17, 15) is 22.4 Å². The van der Waals surface area contributed by atoms with Crippen LogP contribution >= 0.6 is 11.3 Å². The Hall–Kier alpha value is -2.41. The van der Waals surface area contributed by atoms with Gasteiger partial charge in [0, 0.05) is 31.9 Å². The van der Waals surface area contributed by atoms with Crippen LogP contribution in [-0.4, -0.2) is 62.4 Å². The minimum Gasteiger partial charge on any atom is -0.455 e. The van der Waals surface area contributed by atoms with Crippen LogP contribution in [0.1, 0.15) is 29.9 Å². The second-order valence-electron chi connectivity index (χ2n) is 6.62. The standard InChI is InChI=1S/C19H22FN3O6S2/c1-3-23(13(2)24)19-21-14(12-30-19)11-29-18(25)16-10-15(4-5-17(16)20)31(26,27)22-6-8-28-9-7-22/h4-5,10,12H,3,6-9,11H2,1-2H3. The maximum Gasteiger partial charge on any atom is 0.341 e. The van der Waals surface area contributed by atoms with Gasteiger partial charge in [-0.25, -0.2) is 22.6 Å². The molecule has 1 aliphatic rings. The number of anilines is 1. The summed E-state index contributed by atoms with van der Waals surface area (Å²) in [6, 6.07) is 3.02. The van der Waals surface area contributed by atoms with Crippen LogP contribution in [-0.2, 0) is 30.9 Å². The Labute approximate surface area is 183 Å². The molecule has 31 heavy (non-hydrogen) atoms. The number of amides is 1. The van der Waals surface area contributed by atoms with Crippen molar-refractivity contribution < 1.29 is 31.9 Å². The van der Waals surface area contributed by atoms with Crippen molar-refractivity contribution in [2.75, 3.05) is 37.7 Å². The van der Waals surface area contributed by atoms with Gasteiger partial charge in [-0.05, 0) is 25.1 Å². The number of hydrogen-bond acceptors (Lipinski definition) is 8. The highest BCUT2D eigenvalue weighted by molar-refractivity contribution is 7.89. The number of sulfonamides is 1. The first-order valence-corrected chi connectivity index (χ1v) is 11.8. The molecule has 0 radical (unpaired) electrons. The molecule has 0 aliphatic carbocycles. The van der Waals surface area contributed by atoms with Crippen LogP contribution in [0.25, 0.3) is 0 Å². The highest BCUT2D eigenvalue weighted by Gasteiger charge is 2.28. The molecule has 0 N–H and O–H groups in total. The van der Waals surface area contributed by atoms with E-state index in [4.69, 9.17) is 9.47 Å². The van der Waals surface area contributed by atoms with Gasteiger partial charge in [0.05, 0.1) is 29.4 Å². The largest absolute Gasteiger partial charge is 0.455 e. The Balaban J connectivity index is 1.73. The number of carbonyl (C=O) groups is 2. The van der Waals surface area contributed by atoms with Crippen molar-refractivity contribution in [3.05, 3.63) is 40.7 Å².